The Balaban J connectivity index is 2.23. The largest absolute Gasteiger partial charge is 0.395 e. The molecule has 0 fully saturated rings. The third-order valence-electron chi connectivity index (χ3n) is 2.56. The van der Waals surface area contributed by atoms with Crippen LogP contribution in [0.5, 0.6) is 0 Å². The van der Waals surface area contributed by atoms with Crippen molar-refractivity contribution in [1.29, 1.82) is 0 Å². The maximum Gasteiger partial charge on any atom is 0.222 e. The third kappa shape index (κ3) is 4.45. The van der Waals surface area contributed by atoms with Crippen LogP contribution < -0.4 is 0 Å². The zero-order valence-electron chi connectivity index (χ0n) is 9.72. The fourth-order valence-corrected chi connectivity index (χ4v) is 1.55. The summed E-state index contributed by atoms with van der Waals surface area (Å²) in [6, 6.07) is 10.2. The lowest BCUT2D eigenvalue weighted by atomic mass is 10.1. The summed E-state index contributed by atoms with van der Waals surface area (Å²) in [6.07, 6.45) is 2.34. The summed E-state index contributed by atoms with van der Waals surface area (Å²) in [7, 11) is 1.72. The Morgan fingerprint density at radius 1 is 1.31 bits per heavy atom. The molecule has 0 atom stereocenters. The van der Waals surface area contributed by atoms with Gasteiger partial charge in [0.1, 0.15) is 0 Å². The zero-order valence-corrected chi connectivity index (χ0v) is 9.72. The van der Waals surface area contributed by atoms with Gasteiger partial charge in [-0.1, -0.05) is 30.3 Å². The van der Waals surface area contributed by atoms with Gasteiger partial charge in [-0.3, -0.25) is 4.79 Å². The first kappa shape index (κ1) is 12.7. The van der Waals surface area contributed by atoms with Gasteiger partial charge in [0.05, 0.1) is 6.61 Å². The van der Waals surface area contributed by atoms with Crippen molar-refractivity contribution < 1.29 is 9.90 Å². The molecule has 0 unspecified atom stereocenters. The van der Waals surface area contributed by atoms with E-state index < -0.39 is 0 Å². The molecule has 0 radical (unpaired) electrons. The average molecular weight is 221 g/mol. The van der Waals surface area contributed by atoms with Crippen molar-refractivity contribution >= 4 is 5.91 Å². The number of benzene rings is 1. The van der Waals surface area contributed by atoms with Crippen molar-refractivity contribution in [2.75, 3.05) is 20.2 Å². The summed E-state index contributed by atoms with van der Waals surface area (Å²) in [4.78, 5) is 13.1. The van der Waals surface area contributed by atoms with E-state index in [0.717, 1.165) is 12.8 Å². The van der Waals surface area contributed by atoms with E-state index in [1.807, 2.05) is 18.2 Å². The Morgan fingerprint density at radius 3 is 2.62 bits per heavy atom. The van der Waals surface area contributed by atoms with Crippen LogP contribution in [-0.2, 0) is 11.2 Å². The van der Waals surface area contributed by atoms with Crippen LogP contribution in [0.15, 0.2) is 30.3 Å². The van der Waals surface area contributed by atoms with Crippen molar-refractivity contribution in [3.63, 3.8) is 0 Å². The molecule has 3 heteroatoms. The summed E-state index contributed by atoms with van der Waals surface area (Å²) < 4.78 is 0. The van der Waals surface area contributed by atoms with E-state index in [4.69, 9.17) is 5.11 Å². The first-order chi connectivity index (χ1) is 7.74. The van der Waals surface area contributed by atoms with E-state index in [1.165, 1.54) is 5.56 Å². The van der Waals surface area contributed by atoms with Crippen molar-refractivity contribution in [3.8, 4) is 0 Å². The molecule has 1 aromatic carbocycles. The van der Waals surface area contributed by atoms with Gasteiger partial charge in [-0.15, -0.1) is 0 Å². The van der Waals surface area contributed by atoms with Crippen molar-refractivity contribution in [2.45, 2.75) is 19.3 Å². The molecule has 0 saturated heterocycles. The standard InChI is InChI=1S/C13H19NO2/c1-14(10-11-15)13(16)9-5-8-12-6-3-2-4-7-12/h2-4,6-7,15H,5,8-11H2,1H3. The highest BCUT2D eigenvalue weighted by atomic mass is 16.3. The van der Waals surface area contributed by atoms with Crippen LogP contribution in [0.1, 0.15) is 18.4 Å². The number of amides is 1. The van der Waals surface area contributed by atoms with E-state index in [-0.39, 0.29) is 12.5 Å². The van der Waals surface area contributed by atoms with Crippen molar-refractivity contribution in [2.24, 2.45) is 0 Å². The Kier molecular flexibility index (Phi) is 5.57. The van der Waals surface area contributed by atoms with Crippen LogP contribution in [0, 0.1) is 0 Å². The minimum absolute atomic E-state index is 0.0287. The Labute approximate surface area is 96.7 Å². The Hall–Kier alpha value is -1.35. The van der Waals surface area contributed by atoms with E-state index in [1.54, 1.807) is 11.9 Å². The molecular formula is C13H19NO2. The minimum atomic E-state index is 0.0287. The van der Waals surface area contributed by atoms with Gasteiger partial charge < -0.3 is 10.0 Å². The molecule has 3 nitrogen and oxygen atoms in total. The highest BCUT2D eigenvalue weighted by Crippen LogP contribution is 2.05. The van der Waals surface area contributed by atoms with Crippen LogP contribution in [0.25, 0.3) is 0 Å². The number of hydrogen-bond acceptors (Lipinski definition) is 2. The lowest BCUT2D eigenvalue weighted by molar-refractivity contribution is -0.130. The Morgan fingerprint density at radius 2 is 2.00 bits per heavy atom. The first-order valence-corrected chi connectivity index (χ1v) is 5.63. The molecule has 0 spiro atoms. The number of carbonyl (C=O) groups is 1. The van der Waals surface area contributed by atoms with Crippen molar-refractivity contribution in [1.82, 2.24) is 4.90 Å². The van der Waals surface area contributed by atoms with Crippen molar-refractivity contribution in [3.05, 3.63) is 35.9 Å². The van der Waals surface area contributed by atoms with Gasteiger partial charge >= 0.3 is 0 Å². The molecule has 1 aromatic rings. The summed E-state index contributed by atoms with van der Waals surface area (Å²) in [5.74, 6) is 0.102. The topological polar surface area (TPSA) is 40.5 Å². The molecule has 88 valence electrons. The number of nitrogens with zero attached hydrogens (tertiary/aromatic N) is 1. The molecule has 0 aliphatic carbocycles. The van der Waals surface area contributed by atoms with Gasteiger partial charge in [0.25, 0.3) is 0 Å². The predicted molar refractivity (Wildman–Crippen MR) is 64.1 cm³/mol. The van der Waals surface area contributed by atoms with Gasteiger partial charge in [-0.2, -0.15) is 0 Å². The van der Waals surface area contributed by atoms with E-state index in [2.05, 4.69) is 12.1 Å². The number of aryl methyl sites for hydroxylation is 1. The van der Waals surface area contributed by atoms with Crippen LogP contribution in [0.2, 0.25) is 0 Å². The fourth-order valence-electron chi connectivity index (χ4n) is 1.55. The highest BCUT2D eigenvalue weighted by molar-refractivity contribution is 5.75. The Bertz CT molecular complexity index is 311. The maximum absolute atomic E-state index is 11.5. The van der Waals surface area contributed by atoms with Crippen LogP contribution in [0.4, 0.5) is 0 Å². The number of likely N-dealkylation sites (N-methyl/N-ethyl adjacent to an activating group) is 1. The maximum atomic E-state index is 11.5. The molecule has 1 rings (SSSR count). The van der Waals surface area contributed by atoms with E-state index >= 15 is 0 Å². The smallest absolute Gasteiger partial charge is 0.222 e. The number of carbonyl (C=O) groups excluding carboxylic acids is 1. The second kappa shape index (κ2) is 7.01. The number of aliphatic hydroxyl groups excluding tert-OH is 1. The summed E-state index contributed by atoms with van der Waals surface area (Å²) in [5, 5.41) is 8.70. The molecule has 0 aromatic heterocycles. The minimum Gasteiger partial charge on any atom is -0.395 e. The third-order valence-corrected chi connectivity index (χ3v) is 2.56. The van der Waals surface area contributed by atoms with Gasteiger partial charge in [-0.05, 0) is 18.4 Å². The molecule has 0 bridgehead atoms. The summed E-state index contributed by atoms with van der Waals surface area (Å²) in [5.41, 5.74) is 1.26. The summed E-state index contributed by atoms with van der Waals surface area (Å²) >= 11 is 0. The number of rotatable bonds is 6. The van der Waals surface area contributed by atoms with Gasteiger partial charge in [-0.25, -0.2) is 0 Å². The van der Waals surface area contributed by atoms with Crippen LogP contribution in [0.3, 0.4) is 0 Å². The van der Waals surface area contributed by atoms with Crippen LogP contribution >= 0.6 is 0 Å². The molecule has 0 heterocycles. The number of hydrogen-bond donors (Lipinski definition) is 1. The lowest BCUT2D eigenvalue weighted by Crippen LogP contribution is -2.29. The number of aliphatic hydroxyl groups is 1. The van der Waals surface area contributed by atoms with Crippen LogP contribution in [-0.4, -0.2) is 36.1 Å². The average Bonchev–Trinajstić information content (AvgIpc) is 2.30. The first-order valence-electron chi connectivity index (χ1n) is 5.63. The van der Waals surface area contributed by atoms with Gasteiger partial charge in [0.2, 0.25) is 5.91 Å². The lowest BCUT2D eigenvalue weighted by Gasteiger charge is -2.15. The summed E-state index contributed by atoms with van der Waals surface area (Å²) in [6.45, 7) is 0.449. The zero-order chi connectivity index (χ0) is 11.8. The monoisotopic (exact) mass is 221 g/mol. The second-order valence-corrected chi connectivity index (χ2v) is 3.88. The highest BCUT2D eigenvalue weighted by Gasteiger charge is 2.06. The molecule has 0 aliphatic rings. The normalized spacial score (nSPS) is 10.1. The molecule has 16 heavy (non-hydrogen) atoms. The second-order valence-electron chi connectivity index (χ2n) is 3.88. The van der Waals surface area contributed by atoms with Gasteiger partial charge in [0.15, 0.2) is 0 Å². The molecule has 0 aliphatic heterocycles. The molecule has 1 amide bonds. The molecule has 0 saturated carbocycles. The molecule has 1 N–H and O–H groups in total. The van der Waals surface area contributed by atoms with E-state index in [0.29, 0.717) is 13.0 Å². The fraction of sp³-hybridized carbons (Fsp3) is 0.462. The molecular weight excluding hydrogens is 202 g/mol. The van der Waals surface area contributed by atoms with E-state index in [9.17, 15) is 4.79 Å². The SMILES string of the molecule is CN(CCO)C(=O)CCCc1ccccc1. The quantitative estimate of drug-likeness (QED) is 0.790. The van der Waals surface area contributed by atoms with Gasteiger partial charge in [0, 0.05) is 20.0 Å². The predicted octanol–water partition coefficient (Wildman–Crippen LogP) is 1.46.